The van der Waals surface area contributed by atoms with Gasteiger partial charge in [-0.25, -0.2) is 4.57 Å². The van der Waals surface area contributed by atoms with Crippen molar-refractivity contribution in [2.24, 2.45) is 7.05 Å². The molecule has 0 spiro atoms. The lowest BCUT2D eigenvalue weighted by atomic mass is 10.1. The van der Waals surface area contributed by atoms with Crippen LogP contribution in [-0.4, -0.2) is 4.40 Å². The third kappa shape index (κ3) is 1.70. The molecule has 104 valence electrons. The predicted octanol–water partition coefficient (Wildman–Crippen LogP) is 3.79. The van der Waals surface area contributed by atoms with E-state index in [9.17, 15) is 0 Å². The molecule has 2 heterocycles. The molecule has 0 N–H and O–H groups in total. The van der Waals surface area contributed by atoms with Crippen molar-refractivity contribution in [1.29, 1.82) is 0 Å². The number of fused-ring (bicyclic) bond motifs is 3. The van der Waals surface area contributed by atoms with E-state index >= 15 is 0 Å². The normalized spacial score (nSPS) is 14.3. The fourth-order valence-corrected chi connectivity index (χ4v) is 2.92. The number of rotatable bonds is 1. The number of aromatic nitrogens is 2. The summed E-state index contributed by atoms with van der Waals surface area (Å²) in [4.78, 5) is 0. The molecule has 4 rings (SSSR count). The lowest BCUT2D eigenvalue weighted by Gasteiger charge is -2.03. The Morgan fingerprint density at radius 3 is 2.86 bits per heavy atom. The lowest BCUT2D eigenvalue weighted by Crippen LogP contribution is -2.28. The number of para-hydroxylation sites is 2. The van der Waals surface area contributed by atoms with E-state index in [2.05, 4.69) is 4.40 Å². The Kier molecular flexibility index (Phi) is 1.89. The first-order chi connectivity index (χ1) is 11.4. The molecule has 0 aliphatic carbocycles. The lowest BCUT2D eigenvalue weighted by molar-refractivity contribution is -0.658. The first kappa shape index (κ1) is 9.40. The van der Waals surface area contributed by atoms with Crippen molar-refractivity contribution in [3.63, 3.8) is 0 Å². The van der Waals surface area contributed by atoms with Gasteiger partial charge in [-0.2, -0.15) is 4.40 Å². The van der Waals surface area contributed by atoms with Gasteiger partial charge in [-0.15, -0.1) is 0 Å². The number of benzene rings is 2. The average molecular weight is 280 g/mol. The zero-order valence-corrected chi connectivity index (χ0v) is 11.9. The fraction of sp³-hybridized carbons (Fsp3) is 0.167. The van der Waals surface area contributed by atoms with Gasteiger partial charge in [0.05, 0.1) is 12.6 Å². The van der Waals surface area contributed by atoms with Crippen molar-refractivity contribution >= 4 is 16.8 Å². The van der Waals surface area contributed by atoms with E-state index in [1.165, 1.54) is 0 Å². The monoisotopic (exact) mass is 280 g/mol. The van der Waals surface area contributed by atoms with Crippen LogP contribution in [0.1, 0.15) is 15.2 Å². The van der Waals surface area contributed by atoms with Crippen LogP contribution in [0.4, 0.5) is 0 Å². The molecule has 2 aromatic heterocycles. The van der Waals surface area contributed by atoms with E-state index < -0.39 is 6.85 Å². The molecule has 3 heteroatoms. The highest BCUT2D eigenvalue weighted by Gasteiger charge is 2.25. The van der Waals surface area contributed by atoms with Gasteiger partial charge in [0.15, 0.2) is 17.3 Å². The standard InChI is InChI=1S/C18H17N2O/c1-12-8-9-14(13(2)10-12)18-19(3)11-17-20(18)15-6-4-5-7-16(15)21-17/h4-11H,1-3H3/q+1/i1D3. The topological polar surface area (TPSA) is 21.4 Å². The molecule has 0 bridgehead atoms. The average Bonchev–Trinajstić information content (AvgIpc) is 3.01. The molecule has 0 saturated heterocycles. The SMILES string of the molecule is [2H]C([2H])([2H])c1ccc(-c2n3c(c[n+]2C)oc2ccccc23)c(C)c1. The summed E-state index contributed by atoms with van der Waals surface area (Å²) < 4.78 is 32.7. The first-order valence-electron chi connectivity index (χ1n) is 8.36. The van der Waals surface area contributed by atoms with Crippen LogP contribution in [0.15, 0.2) is 53.1 Å². The molecule has 0 atom stereocenters. The van der Waals surface area contributed by atoms with Gasteiger partial charge in [0, 0.05) is 4.11 Å². The van der Waals surface area contributed by atoms with Crippen molar-refractivity contribution in [2.45, 2.75) is 13.8 Å². The van der Waals surface area contributed by atoms with Gasteiger partial charge in [0.2, 0.25) is 0 Å². The van der Waals surface area contributed by atoms with Gasteiger partial charge >= 0.3 is 5.71 Å². The molecular weight excluding hydrogens is 260 g/mol. The molecular formula is C18H17N2O+. The first-order valence-corrected chi connectivity index (χ1v) is 6.86. The smallest absolute Gasteiger partial charge is 0.336 e. The molecule has 3 nitrogen and oxygen atoms in total. The van der Waals surface area contributed by atoms with E-state index in [4.69, 9.17) is 8.53 Å². The molecule has 2 aromatic carbocycles. The Labute approximate surface area is 127 Å². The van der Waals surface area contributed by atoms with Crippen LogP contribution in [0, 0.1) is 13.8 Å². The Morgan fingerprint density at radius 2 is 2.05 bits per heavy atom. The van der Waals surface area contributed by atoms with E-state index in [1.54, 1.807) is 12.1 Å². The van der Waals surface area contributed by atoms with Crippen LogP contribution < -0.4 is 4.57 Å². The summed E-state index contributed by atoms with van der Waals surface area (Å²) in [5.41, 5.74) is 4.83. The van der Waals surface area contributed by atoms with Crippen LogP contribution >= 0.6 is 0 Å². The Morgan fingerprint density at radius 1 is 1.19 bits per heavy atom. The van der Waals surface area contributed by atoms with Gasteiger partial charge in [0.25, 0.3) is 5.82 Å². The molecule has 0 radical (unpaired) electrons. The molecule has 0 amide bonds. The van der Waals surface area contributed by atoms with Crippen molar-refractivity contribution in [3.8, 4) is 11.4 Å². The third-order valence-electron chi connectivity index (χ3n) is 3.86. The van der Waals surface area contributed by atoms with Gasteiger partial charge in [-0.05, 0) is 37.5 Å². The number of hydrogen-bond acceptors (Lipinski definition) is 1. The molecule has 4 aromatic rings. The van der Waals surface area contributed by atoms with E-state index in [0.29, 0.717) is 5.56 Å². The van der Waals surface area contributed by atoms with Crippen molar-refractivity contribution < 1.29 is 13.1 Å². The fourth-order valence-electron chi connectivity index (χ4n) is 2.92. The van der Waals surface area contributed by atoms with Crippen molar-refractivity contribution in [3.05, 3.63) is 59.8 Å². The number of nitrogens with zero attached hydrogens (tertiary/aromatic N) is 2. The van der Waals surface area contributed by atoms with Crippen LogP contribution in [0.2, 0.25) is 0 Å². The Bertz CT molecular complexity index is 1070. The number of oxazole rings is 1. The van der Waals surface area contributed by atoms with Gasteiger partial charge in [0.1, 0.15) is 0 Å². The van der Waals surface area contributed by atoms with E-state index in [1.807, 2.05) is 55.1 Å². The Hall–Kier alpha value is -2.55. The van der Waals surface area contributed by atoms with Crippen LogP contribution in [-0.2, 0) is 7.05 Å². The number of hydrogen-bond donors (Lipinski definition) is 0. The zero-order chi connectivity index (χ0) is 17.1. The summed E-state index contributed by atoms with van der Waals surface area (Å²) >= 11 is 0. The summed E-state index contributed by atoms with van der Waals surface area (Å²) in [6.07, 6.45) is 1.94. The maximum absolute atomic E-state index is 7.58. The van der Waals surface area contributed by atoms with Crippen molar-refractivity contribution in [2.75, 3.05) is 0 Å². The minimum atomic E-state index is -2.09. The molecule has 21 heavy (non-hydrogen) atoms. The second-order valence-corrected chi connectivity index (χ2v) is 5.34. The maximum Gasteiger partial charge on any atom is 0.336 e. The van der Waals surface area contributed by atoms with Crippen LogP contribution in [0.25, 0.3) is 28.2 Å². The van der Waals surface area contributed by atoms with Crippen molar-refractivity contribution in [1.82, 2.24) is 4.40 Å². The maximum atomic E-state index is 7.58. The molecule has 0 saturated carbocycles. The number of aryl methyl sites for hydroxylation is 3. The quantitative estimate of drug-likeness (QED) is 0.486. The summed E-state index contributed by atoms with van der Waals surface area (Å²) in [6.45, 7) is -0.158. The summed E-state index contributed by atoms with van der Waals surface area (Å²) in [5, 5.41) is 0. The highest BCUT2D eigenvalue weighted by atomic mass is 16.3. The Balaban J connectivity index is 2.01. The van der Waals surface area contributed by atoms with Gasteiger partial charge in [-0.1, -0.05) is 29.8 Å². The highest BCUT2D eigenvalue weighted by Crippen LogP contribution is 2.28. The predicted molar refractivity (Wildman–Crippen MR) is 83.3 cm³/mol. The minimum absolute atomic E-state index is 0.358. The van der Waals surface area contributed by atoms with E-state index in [-0.39, 0.29) is 0 Å². The second-order valence-electron chi connectivity index (χ2n) is 5.34. The van der Waals surface area contributed by atoms with Gasteiger partial charge < -0.3 is 4.42 Å². The molecule has 0 aliphatic rings. The minimum Gasteiger partial charge on any atom is -0.416 e. The molecule has 0 fully saturated rings. The van der Waals surface area contributed by atoms with Crippen LogP contribution in [0.5, 0.6) is 0 Å². The zero-order valence-electron chi connectivity index (χ0n) is 14.9. The largest absolute Gasteiger partial charge is 0.416 e. The van der Waals surface area contributed by atoms with E-state index in [0.717, 1.165) is 33.8 Å². The highest BCUT2D eigenvalue weighted by molar-refractivity contribution is 5.79. The van der Waals surface area contributed by atoms with Gasteiger partial charge in [-0.3, -0.25) is 0 Å². The molecule has 0 aliphatic heterocycles. The number of imidazole rings is 1. The summed E-state index contributed by atoms with van der Waals surface area (Å²) in [7, 11) is 1.96. The third-order valence-corrected chi connectivity index (χ3v) is 3.86. The summed E-state index contributed by atoms with van der Waals surface area (Å²) in [5.74, 6) is 0.963. The van der Waals surface area contributed by atoms with Crippen LogP contribution in [0.3, 0.4) is 0 Å². The molecule has 0 unspecified atom stereocenters. The second kappa shape index (κ2) is 4.22. The summed E-state index contributed by atoms with van der Waals surface area (Å²) in [6, 6.07) is 13.2.